The van der Waals surface area contributed by atoms with Crippen LogP contribution in [-0.2, 0) is 22.7 Å². The van der Waals surface area contributed by atoms with Crippen LogP contribution in [-0.4, -0.2) is 58.2 Å². The smallest absolute Gasteiger partial charge is 0.254 e. The van der Waals surface area contributed by atoms with Gasteiger partial charge >= 0.3 is 0 Å². The minimum absolute atomic E-state index is 0.0256. The van der Waals surface area contributed by atoms with E-state index >= 15 is 0 Å². The van der Waals surface area contributed by atoms with E-state index in [2.05, 4.69) is 15.1 Å². The van der Waals surface area contributed by atoms with Crippen molar-refractivity contribution in [2.24, 2.45) is 0 Å². The zero-order valence-corrected chi connectivity index (χ0v) is 18.4. The highest BCUT2D eigenvalue weighted by Gasteiger charge is 2.32. The van der Waals surface area contributed by atoms with Crippen molar-refractivity contribution in [2.45, 2.75) is 49.3 Å². The van der Waals surface area contributed by atoms with Gasteiger partial charge in [0, 0.05) is 35.5 Å². The molecule has 4 heterocycles. The fourth-order valence-corrected chi connectivity index (χ4v) is 6.64. The lowest BCUT2D eigenvalue weighted by Crippen LogP contribution is -2.38. The maximum atomic E-state index is 13.2. The number of likely N-dealkylation sites (tertiary alicyclic amines) is 1. The van der Waals surface area contributed by atoms with Crippen molar-refractivity contribution >= 4 is 32.9 Å². The van der Waals surface area contributed by atoms with Gasteiger partial charge in [-0.2, -0.15) is 14.6 Å². The lowest BCUT2D eigenvalue weighted by Gasteiger charge is -2.33. The van der Waals surface area contributed by atoms with Crippen molar-refractivity contribution in [2.75, 3.05) is 19.3 Å². The van der Waals surface area contributed by atoms with Crippen LogP contribution in [0.1, 0.15) is 58.1 Å². The van der Waals surface area contributed by atoms with Crippen molar-refractivity contribution < 1.29 is 13.2 Å². The van der Waals surface area contributed by atoms with Gasteiger partial charge in [0.15, 0.2) is 9.84 Å². The molecule has 0 saturated carbocycles. The lowest BCUT2D eigenvalue weighted by molar-refractivity contribution is 0.0710. The van der Waals surface area contributed by atoms with Gasteiger partial charge in [-0.15, -0.1) is 11.3 Å². The molecule has 0 unspecified atom stereocenters. The molecule has 10 heteroatoms. The molecule has 0 radical (unpaired) electrons. The lowest BCUT2D eigenvalue weighted by atomic mass is 9.91. The van der Waals surface area contributed by atoms with E-state index in [0.29, 0.717) is 37.4 Å². The first-order chi connectivity index (χ1) is 14.4. The standard InChI is InChI=1S/C20H23N5O3S2/c1-30(27,28)17-10-21-20-22-12-23-25(20)18(17)13-6-8-24(9-7-13)19(26)15-11-29-16-5-3-2-4-14(15)16/h10-13H,2-9H2,1H3. The summed E-state index contributed by atoms with van der Waals surface area (Å²) in [6.45, 7) is 1.19. The molecule has 30 heavy (non-hydrogen) atoms. The third-order valence-corrected chi connectivity index (χ3v) is 8.37. The highest BCUT2D eigenvalue weighted by molar-refractivity contribution is 7.90. The monoisotopic (exact) mass is 445 g/mol. The van der Waals surface area contributed by atoms with Gasteiger partial charge in [0.2, 0.25) is 0 Å². The van der Waals surface area contributed by atoms with Gasteiger partial charge in [0.25, 0.3) is 11.7 Å². The molecule has 1 amide bonds. The van der Waals surface area contributed by atoms with E-state index in [1.807, 2.05) is 10.3 Å². The van der Waals surface area contributed by atoms with Gasteiger partial charge in [-0.3, -0.25) is 4.79 Å². The fraction of sp³-hybridized carbons (Fsp3) is 0.500. The highest BCUT2D eigenvalue weighted by Crippen LogP contribution is 2.35. The summed E-state index contributed by atoms with van der Waals surface area (Å²) in [5.41, 5.74) is 2.74. The Balaban J connectivity index is 1.40. The molecule has 2 aliphatic rings. The van der Waals surface area contributed by atoms with Crippen LogP contribution in [0.2, 0.25) is 0 Å². The largest absolute Gasteiger partial charge is 0.339 e. The molecule has 8 nitrogen and oxygen atoms in total. The first kappa shape index (κ1) is 19.6. The first-order valence-corrected chi connectivity index (χ1v) is 13.0. The van der Waals surface area contributed by atoms with Crippen LogP contribution in [0.3, 0.4) is 0 Å². The van der Waals surface area contributed by atoms with Crippen molar-refractivity contribution in [1.82, 2.24) is 24.5 Å². The predicted molar refractivity (Wildman–Crippen MR) is 113 cm³/mol. The average molecular weight is 446 g/mol. The van der Waals surface area contributed by atoms with Crippen LogP contribution >= 0.6 is 11.3 Å². The van der Waals surface area contributed by atoms with Crippen molar-refractivity contribution in [3.8, 4) is 0 Å². The summed E-state index contributed by atoms with van der Waals surface area (Å²) in [5.74, 6) is 0.472. The molecule has 1 aliphatic carbocycles. The summed E-state index contributed by atoms with van der Waals surface area (Å²) in [6.07, 6.45) is 9.75. The zero-order chi connectivity index (χ0) is 20.9. The molecule has 0 bridgehead atoms. The Morgan fingerprint density at radius 1 is 1.17 bits per heavy atom. The zero-order valence-electron chi connectivity index (χ0n) is 16.7. The Kier molecular flexibility index (Phi) is 4.85. The molecule has 1 fully saturated rings. The Morgan fingerprint density at radius 2 is 1.93 bits per heavy atom. The summed E-state index contributed by atoms with van der Waals surface area (Å²) in [4.78, 5) is 24.9. The van der Waals surface area contributed by atoms with Crippen LogP contribution in [0.5, 0.6) is 0 Å². The Labute approximate surface area is 178 Å². The molecule has 0 N–H and O–H groups in total. The summed E-state index contributed by atoms with van der Waals surface area (Å²) in [6, 6.07) is 0. The molecular weight excluding hydrogens is 422 g/mol. The highest BCUT2D eigenvalue weighted by atomic mass is 32.2. The second-order valence-corrected chi connectivity index (χ2v) is 11.0. The molecule has 3 aromatic rings. The second kappa shape index (κ2) is 7.42. The number of aromatic nitrogens is 4. The van der Waals surface area contributed by atoms with Crippen LogP contribution in [0.4, 0.5) is 0 Å². The molecule has 5 rings (SSSR count). The summed E-state index contributed by atoms with van der Waals surface area (Å²) in [5, 5.41) is 6.23. The van der Waals surface area contributed by atoms with E-state index in [1.54, 1.807) is 11.3 Å². The number of hydrogen-bond acceptors (Lipinski definition) is 7. The van der Waals surface area contributed by atoms with Crippen LogP contribution < -0.4 is 0 Å². The van der Waals surface area contributed by atoms with Gasteiger partial charge in [0.05, 0.1) is 17.5 Å². The summed E-state index contributed by atoms with van der Waals surface area (Å²) >= 11 is 1.71. The molecule has 0 atom stereocenters. The second-order valence-electron chi connectivity index (χ2n) is 8.08. The van der Waals surface area contributed by atoms with Crippen molar-refractivity contribution in [1.29, 1.82) is 0 Å². The molecule has 3 aromatic heterocycles. The number of amides is 1. The molecule has 0 aromatic carbocycles. The van der Waals surface area contributed by atoms with Crippen molar-refractivity contribution in [3.05, 3.63) is 39.6 Å². The van der Waals surface area contributed by atoms with Gasteiger partial charge in [-0.1, -0.05) is 0 Å². The van der Waals surface area contributed by atoms with Gasteiger partial charge in [0.1, 0.15) is 11.2 Å². The third-order valence-electron chi connectivity index (χ3n) is 6.17. The van der Waals surface area contributed by atoms with E-state index in [1.165, 1.54) is 40.2 Å². The molecule has 1 aliphatic heterocycles. The van der Waals surface area contributed by atoms with E-state index in [9.17, 15) is 13.2 Å². The number of sulfone groups is 1. The van der Waals surface area contributed by atoms with Crippen LogP contribution in [0.15, 0.2) is 22.8 Å². The number of nitrogens with zero attached hydrogens (tertiary/aromatic N) is 5. The Morgan fingerprint density at radius 3 is 2.70 bits per heavy atom. The Hall–Kier alpha value is -2.33. The van der Waals surface area contributed by atoms with E-state index < -0.39 is 9.84 Å². The first-order valence-electron chi connectivity index (χ1n) is 10.2. The number of carbonyl (C=O) groups is 1. The SMILES string of the molecule is CS(=O)(=O)c1cnc2ncnn2c1C1CCN(C(=O)c2csc3c2CCCC3)CC1. The van der Waals surface area contributed by atoms with Gasteiger partial charge in [-0.25, -0.2) is 13.4 Å². The maximum Gasteiger partial charge on any atom is 0.254 e. The minimum atomic E-state index is -3.46. The number of hydrogen-bond donors (Lipinski definition) is 0. The molecule has 0 spiro atoms. The maximum absolute atomic E-state index is 13.2. The number of fused-ring (bicyclic) bond motifs is 2. The summed E-state index contributed by atoms with van der Waals surface area (Å²) in [7, 11) is -3.46. The number of carbonyl (C=O) groups excluding carboxylic acids is 1. The number of thiophene rings is 1. The van der Waals surface area contributed by atoms with Crippen LogP contribution in [0.25, 0.3) is 5.78 Å². The quantitative estimate of drug-likeness (QED) is 0.614. The third kappa shape index (κ3) is 3.31. The topological polar surface area (TPSA) is 97.5 Å². The van der Waals surface area contributed by atoms with E-state index in [4.69, 9.17) is 0 Å². The average Bonchev–Trinajstić information content (AvgIpc) is 3.39. The Bertz CT molecular complexity index is 1220. The fourth-order valence-electron chi connectivity index (χ4n) is 4.64. The minimum Gasteiger partial charge on any atom is -0.339 e. The summed E-state index contributed by atoms with van der Waals surface area (Å²) < 4.78 is 26.3. The molecule has 158 valence electrons. The number of rotatable bonds is 3. The van der Waals surface area contributed by atoms with Crippen LogP contribution in [0, 0.1) is 0 Å². The molecule has 1 saturated heterocycles. The van der Waals surface area contributed by atoms with Gasteiger partial charge in [-0.05, 0) is 44.1 Å². The predicted octanol–water partition coefficient (Wildman–Crippen LogP) is 2.49. The van der Waals surface area contributed by atoms with E-state index in [-0.39, 0.29) is 16.7 Å². The van der Waals surface area contributed by atoms with Gasteiger partial charge < -0.3 is 4.90 Å². The van der Waals surface area contributed by atoms with Crippen molar-refractivity contribution in [3.63, 3.8) is 0 Å². The number of aryl methyl sites for hydroxylation is 1. The molecular formula is C20H23N5O3S2. The van der Waals surface area contributed by atoms with E-state index in [0.717, 1.165) is 24.8 Å². The normalized spacial score (nSPS) is 18.0. The number of piperidine rings is 1.